The van der Waals surface area contributed by atoms with Crippen LogP contribution in [0.3, 0.4) is 0 Å². The van der Waals surface area contributed by atoms with E-state index in [1.165, 1.54) is 16.7 Å². The molecule has 0 bridgehead atoms. The first kappa shape index (κ1) is 14.6. The molecule has 1 aliphatic rings. The summed E-state index contributed by atoms with van der Waals surface area (Å²) in [7, 11) is 1.73. The van der Waals surface area contributed by atoms with Crippen molar-refractivity contribution in [3.8, 4) is 5.75 Å². The Kier molecular flexibility index (Phi) is 4.32. The zero-order valence-electron chi connectivity index (χ0n) is 12.4. The highest BCUT2D eigenvalue weighted by Crippen LogP contribution is 2.35. The predicted octanol–water partition coefficient (Wildman–Crippen LogP) is 4.80. The fraction of sp³-hybridized carbons (Fsp3) is 0.333. The van der Waals surface area contributed by atoms with Crippen molar-refractivity contribution in [1.29, 1.82) is 0 Å². The van der Waals surface area contributed by atoms with Gasteiger partial charge in [-0.1, -0.05) is 34.1 Å². The van der Waals surface area contributed by atoms with Gasteiger partial charge in [0.2, 0.25) is 0 Å². The number of methoxy groups -OCH3 is 1. The summed E-state index contributed by atoms with van der Waals surface area (Å²) in [5.41, 5.74) is 4.13. The molecule has 0 radical (unpaired) electrons. The summed E-state index contributed by atoms with van der Waals surface area (Å²) in [6, 6.07) is 15.7. The maximum absolute atomic E-state index is 5.36. The van der Waals surface area contributed by atoms with Crippen LogP contribution in [-0.2, 0) is 6.42 Å². The Labute approximate surface area is 134 Å². The van der Waals surface area contributed by atoms with Gasteiger partial charge in [0.15, 0.2) is 0 Å². The Morgan fingerprint density at radius 2 is 2.10 bits per heavy atom. The van der Waals surface area contributed by atoms with Gasteiger partial charge in [-0.2, -0.15) is 0 Å². The minimum absolute atomic E-state index is 0.324. The van der Waals surface area contributed by atoms with Gasteiger partial charge in [-0.15, -0.1) is 0 Å². The summed E-state index contributed by atoms with van der Waals surface area (Å²) >= 11 is 3.54. The van der Waals surface area contributed by atoms with Gasteiger partial charge in [0.1, 0.15) is 5.75 Å². The topological polar surface area (TPSA) is 21.3 Å². The zero-order chi connectivity index (χ0) is 14.8. The minimum Gasteiger partial charge on any atom is -0.497 e. The average Bonchev–Trinajstić information content (AvgIpc) is 2.89. The molecular weight excluding hydrogens is 326 g/mol. The molecule has 3 rings (SSSR count). The molecule has 0 fully saturated rings. The largest absolute Gasteiger partial charge is 0.497 e. The van der Waals surface area contributed by atoms with Crippen LogP contribution in [0.2, 0.25) is 0 Å². The fourth-order valence-corrected chi connectivity index (χ4v) is 3.47. The monoisotopic (exact) mass is 345 g/mol. The van der Waals surface area contributed by atoms with Gasteiger partial charge in [0, 0.05) is 16.6 Å². The van der Waals surface area contributed by atoms with E-state index in [0.717, 1.165) is 23.1 Å². The van der Waals surface area contributed by atoms with Gasteiger partial charge in [-0.25, -0.2) is 0 Å². The van der Waals surface area contributed by atoms with Crippen molar-refractivity contribution in [3.05, 3.63) is 63.6 Å². The van der Waals surface area contributed by atoms with E-state index in [1.807, 2.05) is 0 Å². The number of hydrogen-bond acceptors (Lipinski definition) is 2. The molecule has 2 nitrogen and oxygen atoms in total. The van der Waals surface area contributed by atoms with Crippen LogP contribution in [0.4, 0.5) is 0 Å². The number of rotatable bonds is 4. The Morgan fingerprint density at radius 1 is 1.24 bits per heavy atom. The summed E-state index contributed by atoms with van der Waals surface area (Å²) < 4.78 is 6.49. The highest BCUT2D eigenvalue weighted by Gasteiger charge is 2.24. The van der Waals surface area contributed by atoms with E-state index in [9.17, 15) is 0 Å². The maximum atomic E-state index is 5.36. The van der Waals surface area contributed by atoms with Gasteiger partial charge < -0.3 is 10.1 Å². The lowest BCUT2D eigenvalue weighted by atomic mass is 10.0. The standard InChI is InChI=1S/C18H20BrNO/c1-12(14-4-3-5-15(19)10-14)20-18-9-7-13-6-8-16(21-2)11-17(13)18/h3-6,8,10-12,18,20H,7,9H2,1-2H3. The molecule has 0 amide bonds. The molecule has 2 unspecified atom stereocenters. The molecule has 1 N–H and O–H groups in total. The maximum Gasteiger partial charge on any atom is 0.119 e. The summed E-state index contributed by atoms with van der Waals surface area (Å²) in [6.45, 7) is 2.22. The summed E-state index contributed by atoms with van der Waals surface area (Å²) in [6.07, 6.45) is 2.29. The van der Waals surface area contributed by atoms with Gasteiger partial charge in [0.05, 0.1) is 7.11 Å². The molecule has 0 aliphatic heterocycles. The van der Waals surface area contributed by atoms with Gasteiger partial charge >= 0.3 is 0 Å². The van der Waals surface area contributed by atoms with Crippen LogP contribution in [0.25, 0.3) is 0 Å². The molecule has 21 heavy (non-hydrogen) atoms. The van der Waals surface area contributed by atoms with Crippen molar-refractivity contribution < 1.29 is 4.74 Å². The van der Waals surface area contributed by atoms with Gasteiger partial charge in [-0.05, 0) is 60.7 Å². The molecule has 0 saturated heterocycles. The van der Waals surface area contributed by atoms with E-state index in [4.69, 9.17) is 4.74 Å². The van der Waals surface area contributed by atoms with Crippen LogP contribution in [-0.4, -0.2) is 7.11 Å². The van der Waals surface area contributed by atoms with E-state index in [2.05, 4.69) is 70.6 Å². The van der Waals surface area contributed by atoms with E-state index in [0.29, 0.717) is 12.1 Å². The molecule has 110 valence electrons. The lowest BCUT2D eigenvalue weighted by Gasteiger charge is -2.21. The minimum atomic E-state index is 0.324. The number of fused-ring (bicyclic) bond motifs is 1. The molecule has 2 aromatic rings. The van der Waals surface area contributed by atoms with Crippen LogP contribution in [0.1, 0.15) is 42.1 Å². The van der Waals surface area contributed by atoms with E-state index >= 15 is 0 Å². The lowest BCUT2D eigenvalue weighted by Crippen LogP contribution is -2.23. The molecule has 0 spiro atoms. The molecule has 1 aliphatic carbocycles. The molecule has 2 aromatic carbocycles. The third-order valence-corrected chi connectivity index (χ3v) is 4.72. The second-order valence-corrected chi connectivity index (χ2v) is 6.52. The Hall–Kier alpha value is -1.32. The van der Waals surface area contributed by atoms with E-state index in [1.54, 1.807) is 7.11 Å². The summed E-state index contributed by atoms with van der Waals surface area (Å²) in [5.74, 6) is 0.942. The first-order valence-electron chi connectivity index (χ1n) is 7.35. The number of nitrogens with one attached hydrogen (secondary N) is 1. The molecule has 0 aromatic heterocycles. The van der Waals surface area contributed by atoms with Crippen molar-refractivity contribution in [1.82, 2.24) is 5.32 Å². The van der Waals surface area contributed by atoms with Gasteiger partial charge in [-0.3, -0.25) is 0 Å². The molecule has 0 saturated carbocycles. The van der Waals surface area contributed by atoms with Crippen LogP contribution in [0.15, 0.2) is 46.9 Å². The Balaban J connectivity index is 1.78. The normalized spacial score (nSPS) is 18.3. The SMILES string of the molecule is COc1ccc2c(c1)C(NC(C)c1cccc(Br)c1)CC2. The quantitative estimate of drug-likeness (QED) is 0.859. The second-order valence-electron chi connectivity index (χ2n) is 5.60. The van der Waals surface area contributed by atoms with Crippen molar-refractivity contribution in [2.24, 2.45) is 0 Å². The smallest absolute Gasteiger partial charge is 0.119 e. The summed E-state index contributed by atoms with van der Waals surface area (Å²) in [5, 5.41) is 3.75. The Bertz CT molecular complexity index is 641. The molecule has 0 heterocycles. The van der Waals surface area contributed by atoms with Crippen molar-refractivity contribution >= 4 is 15.9 Å². The van der Waals surface area contributed by atoms with Gasteiger partial charge in [0.25, 0.3) is 0 Å². The average molecular weight is 346 g/mol. The highest BCUT2D eigenvalue weighted by atomic mass is 79.9. The lowest BCUT2D eigenvalue weighted by molar-refractivity contribution is 0.412. The second kappa shape index (κ2) is 6.20. The highest BCUT2D eigenvalue weighted by molar-refractivity contribution is 9.10. The van der Waals surface area contributed by atoms with Crippen LogP contribution >= 0.6 is 15.9 Å². The number of ether oxygens (including phenoxy) is 1. The summed E-state index contributed by atoms with van der Waals surface area (Å²) in [4.78, 5) is 0. The number of hydrogen-bond donors (Lipinski definition) is 1. The molecule has 3 heteroatoms. The predicted molar refractivity (Wildman–Crippen MR) is 89.7 cm³/mol. The number of benzene rings is 2. The Morgan fingerprint density at radius 3 is 2.86 bits per heavy atom. The number of halogens is 1. The van der Waals surface area contributed by atoms with Crippen LogP contribution in [0.5, 0.6) is 5.75 Å². The van der Waals surface area contributed by atoms with E-state index < -0.39 is 0 Å². The van der Waals surface area contributed by atoms with Crippen LogP contribution in [0, 0.1) is 0 Å². The van der Waals surface area contributed by atoms with Crippen LogP contribution < -0.4 is 10.1 Å². The molecular formula is C18H20BrNO. The first-order valence-corrected chi connectivity index (χ1v) is 8.15. The number of aryl methyl sites for hydroxylation is 1. The van der Waals surface area contributed by atoms with Crippen molar-refractivity contribution in [3.63, 3.8) is 0 Å². The first-order chi connectivity index (χ1) is 10.2. The van der Waals surface area contributed by atoms with Crippen molar-refractivity contribution in [2.75, 3.05) is 7.11 Å². The third kappa shape index (κ3) is 3.14. The molecule has 2 atom stereocenters. The van der Waals surface area contributed by atoms with Crippen molar-refractivity contribution in [2.45, 2.75) is 31.8 Å². The fourth-order valence-electron chi connectivity index (χ4n) is 3.05. The third-order valence-electron chi connectivity index (χ3n) is 4.23. The van der Waals surface area contributed by atoms with E-state index in [-0.39, 0.29) is 0 Å². The zero-order valence-corrected chi connectivity index (χ0v) is 14.0.